The van der Waals surface area contributed by atoms with Gasteiger partial charge in [-0.05, 0) is 55.3 Å². The molecule has 0 atom stereocenters. The molecule has 0 aliphatic heterocycles. The maximum Gasteiger partial charge on any atom is 0.272 e. The number of hydrogen-bond donors (Lipinski definition) is 1. The second kappa shape index (κ2) is 5.96. The molecule has 0 unspecified atom stereocenters. The lowest BCUT2D eigenvalue weighted by molar-refractivity contribution is 0.0942. The van der Waals surface area contributed by atoms with Crippen LogP contribution in [0.1, 0.15) is 40.7 Å². The summed E-state index contributed by atoms with van der Waals surface area (Å²) in [6.45, 7) is 0.313. The minimum Gasteiger partial charge on any atom is -0.467 e. The van der Waals surface area contributed by atoms with Crippen molar-refractivity contribution in [2.75, 3.05) is 0 Å². The average Bonchev–Trinajstić information content (AvgIpc) is 3.12. The van der Waals surface area contributed by atoms with E-state index in [2.05, 4.69) is 10.4 Å². The Kier molecular flexibility index (Phi) is 3.65. The first-order valence-electron chi connectivity index (χ1n) is 7.87. The molecule has 0 spiro atoms. The van der Waals surface area contributed by atoms with Gasteiger partial charge in [-0.2, -0.15) is 5.10 Å². The van der Waals surface area contributed by atoms with Crippen molar-refractivity contribution < 1.29 is 13.6 Å². The molecular weight excluding hydrogens is 309 g/mol. The molecule has 5 nitrogen and oxygen atoms in total. The van der Waals surface area contributed by atoms with Crippen LogP contribution in [0.15, 0.2) is 53.1 Å². The summed E-state index contributed by atoms with van der Waals surface area (Å²) in [4.78, 5) is 12.3. The van der Waals surface area contributed by atoms with Crippen LogP contribution in [-0.2, 0) is 6.54 Å². The third-order valence-corrected chi connectivity index (χ3v) is 4.04. The van der Waals surface area contributed by atoms with E-state index in [0.717, 1.165) is 24.2 Å². The molecule has 0 saturated heterocycles. The summed E-state index contributed by atoms with van der Waals surface area (Å²) >= 11 is 0. The molecule has 1 aliphatic rings. The quantitative estimate of drug-likeness (QED) is 0.782. The molecule has 4 rings (SSSR count). The SMILES string of the molecule is O=C(NCc1ccco1)c1cc(C2CC2)n(-c2ccc(F)cc2)n1. The molecule has 2 heterocycles. The van der Waals surface area contributed by atoms with E-state index in [-0.39, 0.29) is 11.7 Å². The Labute approximate surface area is 138 Å². The van der Waals surface area contributed by atoms with Gasteiger partial charge in [-0.15, -0.1) is 0 Å². The molecule has 24 heavy (non-hydrogen) atoms. The van der Waals surface area contributed by atoms with E-state index < -0.39 is 0 Å². The van der Waals surface area contributed by atoms with E-state index in [1.54, 1.807) is 35.2 Å². The highest BCUT2D eigenvalue weighted by molar-refractivity contribution is 5.92. The molecule has 1 N–H and O–H groups in total. The minimum absolute atomic E-state index is 0.255. The van der Waals surface area contributed by atoms with Gasteiger partial charge in [-0.3, -0.25) is 4.79 Å². The van der Waals surface area contributed by atoms with E-state index in [4.69, 9.17) is 4.42 Å². The standard InChI is InChI=1S/C18H16FN3O2/c19-13-5-7-14(8-6-13)22-17(12-3-4-12)10-16(21-22)18(23)20-11-15-2-1-9-24-15/h1-2,5-10,12H,3-4,11H2,(H,20,23). The Morgan fingerprint density at radius 1 is 1.29 bits per heavy atom. The van der Waals surface area contributed by atoms with Gasteiger partial charge in [0, 0.05) is 11.6 Å². The van der Waals surface area contributed by atoms with Crippen LogP contribution in [0.2, 0.25) is 0 Å². The molecule has 1 fully saturated rings. The lowest BCUT2D eigenvalue weighted by Gasteiger charge is -2.06. The monoisotopic (exact) mass is 325 g/mol. The first kappa shape index (κ1) is 14.7. The number of nitrogens with one attached hydrogen (secondary N) is 1. The molecule has 1 amide bonds. The zero-order chi connectivity index (χ0) is 16.5. The molecule has 1 aliphatic carbocycles. The van der Waals surface area contributed by atoms with Crippen molar-refractivity contribution in [3.05, 3.63) is 71.7 Å². The van der Waals surface area contributed by atoms with E-state index in [9.17, 15) is 9.18 Å². The fraction of sp³-hybridized carbons (Fsp3) is 0.222. The van der Waals surface area contributed by atoms with Crippen molar-refractivity contribution in [2.24, 2.45) is 0 Å². The molecular formula is C18H16FN3O2. The van der Waals surface area contributed by atoms with Crippen molar-refractivity contribution in [1.29, 1.82) is 0 Å². The Bertz CT molecular complexity index is 849. The smallest absolute Gasteiger partial charge is 0.272 e. The van der Waals surface area contributed by atoms with Gasteiger partial charge >= 0.3 is 0 Å². The van der Waals surface area contributed by atoms with Crippen LogP contribution in [-0.4, -0.2) is 15.7 Å². The van der Waals surface area contributed by atoms with Crippen LogP contribution in [0, 0.1) is 5.82 Å². The zero-order valence-corrected chi connectivity index (χ0v) is 12.9. The maximum atomic E-state index is 13.1. The van der Waals surface area contributed by atoms with E-state index in [0.29, 0.717) is 23.9 Å². The Hall–Kier alpha value is -2.89. The molecule has 0 bridgehead atoms. The number of benzene rings is 1. The largest absolute Gasteiger partial charge is 0.467 e. The second-order valence-corrected chi connectivity index (χ2v) is 5.88. The van der Waals surface area contributed by atoms with Crippen molar-refractivity contribution >= 4 is 5.91 Å². The second-order valence-electron chi connectivity index (χ2n) is 5.88. The summed E-state index contributed by atoms with van der Waals surface area (Å²) < 4.78 is 20.1. The number of amides is 1. The maximum absolute atomic E-state index is 13.1. The number of rotatable bonds is 5. The van der Waals surface area contributed by atoms with Crippen molar-refractivity contribution in [3.63, 3.8) is 0 Å². The van der Waals surface area contributed by atoms with Crippen LogP contribution >= 0.6 is 0 Å². The lowest BCUT2D eigenvalue weighted by Crippen LogP contribution is -2.23. The number of hydrogen-bond acceptors (Lipinski definition) is 3. The van der Waals surface area contributed by atoms with E-state index in [1.807, 2.05) is 6.07 Å². The van der Waals surface area contributed by atoms with Gasteiger partial charge in [0.05, 0.1) is 18.5 Å². The number of aromatic nitrogens is 2. The number of halogens is 1. The Morgan fingerprint density at radius 3 is 2.75 bits per heavy atom. The molecule has 1 aromatic carbocycles. The first-order chi connectivity index (χ1) is 11.7. The van der Waals surface area contributed by atoms with Crippen LogP contribution in [0.4, 0.5) is 4.39 Å². The molecule has 6 heteroatoms. The summed E-state index contributed by atoms with van der Waals surface area (Å²) in [6, 6.07) is 11.5. The van der Waals surface area contributed by atoms with Gasteiger partial charge in [0.25, 0.3) is 5.91 Å². The zero-order valence-electron chi connectivity index (χ0n) is 12.9. The lowest BCUT2D eigenvalue weighted by atomic mass is 10.2. The van der Waals surface area contributed by atoms with Gasteiger partial charge < -0.3 is 9.73 Å². The van der Waals surface area contributed by atoms with Gasteiger partial charge in [-0.25, -0.2) is 9.07 Å². The molecule has 0 radical (unpaired) electrons. The molecule has 1 saturated carbocycles. The number of nitrogens with zero attached hydrogens (tertiary/aromatic N) is 2. The number of carbonyl (C=O) groups is 1. The van der Waals surface area contributed by atoms with Crippen LogP contribution in [0.25, 0.3) is 5.69 Å². The van der Waals surface area contributed by atoms with E-state index in [1.165, 1.54) is 12.1 Å². The van der Waals surface area contributed by atoms with Crippen LogP contribution < -0.4 is 5.32 Å². The predicted octanol–water partition coefficient (Wildman–Crippen LogP) is 3.41. The van der Waals surface area contributed by atoms with Crippen molar-refractivity contribution in [1.82, 2.24) is 15.1 Å². The molecule has 3 aromatic rings. The van der Waals surface area contributed by atoms with Gasteiger partial charge in [0.2, 0.25) is 0 Å². The fourth-order valence-corrected chi connectivity index (χ4v) is 2.64. The van der Waals surface area contributed by atoms with Crippen molar-refractivity contribution in [3.8, 4) is 5.69 Å². The highest BCUT2D eigenvalue weighted by Gasteiger charge is 2.29. The Morgan fingerprint density at radius 2 is 2.08 bits per heavy atom. The van der Waals surface area contributed by atoms with Crippen molar-refractivity contribution in [2.45, 2.75) is 25.3 Å². The molecule has 2 aromatic heterocycles. The number of furan rings is 1. The first-order valence-corrected chi connectivity index (χ1v) is 7.87. The van der Waals surface area contributed by atoms with Crippen LogP contribution in [0.5, 0.6) is 0 Å². The number of carbonyl (C=O) groups excluding carboxylic acids is 1. The fourth-order valence-electron chi connectivity index (χ4n) is 2.64. The predicted molar refractivity (Wildman–Crippen MR) is 85.4 cm³/mol. The highest BCUT2D eigenvalue weighted by atomic mass is 19.1. The summed E-state index contributed by atoms with van der Waals surface area (Å²) in [6.07, 6.45) is 3.73. The molecule has 122 valence electrons. The van der Waals surface area contributed by atoms with E-state index >= 15 is 0 Å². The van der Waals surface area contributed by atoms with Gasteiger partial charge in [0.1, 0.15) is 11.6 Å². The third kappa shape index (κ3) is 2.95. The van der Waals surface area contributed by atoms with Gasteiger partial charge in [-0.1, -0.05) is 0 Å². The summed E-state index contributed by atoms with van der Waals surface area (Å²) in [5, 5.41) is 7.22. The third-order valence-electron chi connectivity index (χ3n) is 4.04. The van der Waals surface area contributed by atoms with Crippen LogP contribution in [0.3, 0.4) is 0 Å². The summed E-state index contributed by atoms with van der Waals surface area (Å²) in [7, 11) is 0. The minimum atomic E-state index is -0.296. The summed E-state index contributed by atoms with van der Waals surface area (Å²) in [5.74, 6) is 0.544. The normalized spacial score (nSPS) is 13.9. The average molecular weight is 325 g/mol. The highest BCUT2D eigenvalue weighted by Crippen LogP contribution is 2.41. The summed E-state index contributed by atoms with van der Waals surface area (Å²) in [5.41, 5.74) is 2.10. The topological polar surface area (TPSA) is 60.1 Å². The van der Waals surface area contributed by atoms with Gasteiger partial charge in [0.15, 0.2) is 5.69 Å². The Balaban J connectivity index is 1.58.